The number of hydrogen-bond donors (Lipinski definition) is 2. The Morgan fingerprint density at radius 3 is 2.46 bits per heavy atom. The summed E-state index contributed by atoms with van der Waals surface area (Å²) in [6.07, 6.45) is 3.90. The summed E-state index contributed by atoms with van der Waals surface area (Å²) < 4.78 is 4.90. The van der Waals surface area contributed by atoms with Gasteiger partial charge in [-0.15, -0.1) is 0 Å². The molecule has 0 unspecified atom stereocenters. The highest BCUT2D eigenvalue weighted by Gasteiger charge is 2.10. The van der Waals surface area contributed by atoms with E-state index in [-0.39, 0.29) is 5.91 Å². The molecule has 0 aliphatic rings. The summed E-state index contributed by atoms with van der Waals surface area (Å²) in [5, 5.41) is 9.42. The molecule has 1 aromatic carbocycles. The first-order valence-electron chi connectivity index (χ1n) is 7.56. The van der Waals surface area contributed by atoms with E-state index in [2.05, 4.69) is 32.7 Å². The van der Waals surface area contributed by atoms with Gasteiger partial charge in [0.2, 0.25) is 5.95 Å². The number of carbonyl (C=O) groups is 1. The zero-order valence-electron chi connectivity index (χ0n) is 13.4. The van der Waals surface area contributed by atoms with E-state index in [0.717, 1.165) is 12.1 Å². The fourth-order valence-corrected chi connectivity index (χ4v) is 2.08. The number of nitrogens with one attached hydrogen (secondary N) is 2. The number of aryl methyl sites for hydroxylation is 2. The molecule has 0 atom stereocenters. The number of benzene rings is 1. The Balaban J connectivity index is 1.64. The van der Waals surface area contributed by atoms with Crippen molar-refractivity contribution in [1.29, 1.82) is 0 Å². The molecular formula is C17H17N5O2. The van der Waals surface area contributed by atoms with E-state index in [0.29, 0.717) is 23.1 Å². The second kappa shape index (κ2) is 6.91. The van der Waals surface area contributed by atoms with E-state index in [1.807, 2.05) is 24.3 Å². The van der Waals surface area contributed by atoms with Gasteiger partial charge in [0.05, 0.1) is 5.56 Å². The highest BCUT2D eigenvalue weighted by atomic mass is 16.5. The second-order valence-electron chi connectivity index (χ2n) is 5.25. The summed E-state index contributed by atoms with van der Waals surface area (Å²) in [7, 11) is 0. The first-order valence-corrected chi connectivity index (χ1v) is 7.56. The summed E-state index contributed by atoms with van der Waals surface area (Å²) >= 11 is 0. The molecule has 0 aliphatic heterocycles. The minimum absolute atomic E-state index is 0.336. The molecule has 3 aromatic rings. The van der Waals surface area contributed by atoms with Crippen molar-refractivity contribution >= 4 is 23.4 Å². The molecule has 0 fully saturated rings. The van der Waals surface area contributed by atoms with Crippen molar-refractivity contribution in [3.8, 4) is 0 Å². The number of nitrogens with zero attached hydrogens (tertiary/aromatic N) is 3. The highest BCUT2D eigenvalue weighted by Crippen LogP contribution is 2.14. The molecule has 0 radical (unpaired) electrons. The van der Waals surface area contributed by atoms with Crippen LogP contribution in [0.2, 0.25) is 0 Å². The molecule has 2 heterocycles. The fourth-order valence-electron chi connectivity index (χ4n) is 2.08. The summed E-state index contributed by atoms with van der Waals surface area (Å²) in [6.45, 7) is 3.86. The normalized spacial score (nSPS) is 10.4. The molecule has 0 saturated heterocycles. The van der Waals surface area contributed by atoms with Gasteiger partial charge in [-0.25, -0.2) is 9.97 Å². The Hall–Kier alpha value is -3.22. The molecule has 0 bridgehead atoms. The van der Waals surface area contributed by atoms with Gasteiger partial charge in [-0.3, -0.25) is 4.79 Å². The third kappa shape index (κ3) is 3.75. The van der Waals surface area contributed by atoms with Crippen LogP contribution in [0.5, 0.6) is 0 Å². The van der Waals surface area contributed by atoms with E-state index >= 15 is 0 Å². The number of anilines is 3. The SMILES string of the molecule is CCc1ccc(Nc2ncc(C(=O)Nc3cc(C)on3)cn2)cc1. The largest absolute Gasteiger partial charge is 0.360 e. The second-order valence-corrected chi connectivity index (χ2v) is 5.25. The smallest absolute Gasteiger partial charge is 0.260 e. The molecule has 24 heavy (non-hydrogen) atoms. The predicted molar refractivity (Wildman–Crippen MR) is 90.3 cm³/mol. The predicted octanol–water partition coefficient (Wildman–Crippen LogP) is 3.33. The highest BCUT2D eigenvalue weighted by molar-refractivity contribution is 6.03. The number of rotatable bonds is 5. The average Bonchev–Trinajstić information content (AvgIpc) is 3.01. The Morgan fingerprint density at radius 1 is 1.17 bits per heavy atom. The lowest BCUT2D eigenvalue weighted by Gasteiger charge is -2.06. The Morgan fingerprint density at radius 2 is 1.88 bits per heavy atom. The zero-order valence-corrected chi connectivity index (χ0v) is 13.4. The van der Waals surface area contributed by atoms with E-state index in [1.165, 1.54) is 18.0 Å². The molecule has 2 aromatic heterocycles. The van der Waals surface area contributed by atoms with E-state index < -0.39 is 0 Å². The minimum Gasteiger partial charge on any atom is -0.360 e. The van der Waals surface area contributed by atoms with Gasteiger partial charge < -0.3 is 15.2 Å². The van der Waals surface area contributed by atoms with Gasteiger partial charge >= 0.3 is 0 Å². The van der Waals surface area contributed by atoms with Crippen LogP contribution in [0.25, 0.3) is 0 Å². The van der Waals surface area contributed by atoms with Crippen molar-refractivity contribution in [1.82, 2.24) is 15.1 Å². The quantitative estimate of drug-likeness (QED) is 0.748. The Kier molecular flexibility index (Phi) is 4.51. The lowest BCUT2D eigenvalue weighted by atomic mass is 10.1. The van der Waals surface area contributed by atoms with Gasteiger partial charge in [-0.2, -0.15) is 0 Å². The molecule has 0 spiro atoms. The maximum Gasteiger partial charge on any atom is 0.260 e. The van der Waals surface area contributed by atoms with Crippen LogP contribution in [-0.4, -0.2) is 21.0 Å². The summed E-state index contributed by atoms with van der Waals surface area (Å²) in [4.78, 5) is 20.4. The molecule has 122 valence electrons. The van der Waals surface area contributed by atoms with E-state index in [4.69, 9.17) is 4.52 Å². The standard InChI is InChI=1S/C17H17N5O2/c1-3-12-4-6-14(7-5-12)20-17-18-9-13(10-19-17)16(23)21-15-8-11(2)24-22-15/h4-10H,3H2,1-2H3,(H,18,19,20)(H,21,22,23). The summed E-state index contributed by atoms with van der Waals surface area (Å²) in [5.41, 5.74) is 2.49. The maximum atomic E-state index is 12.1. The maximum absolute atomic E-state index is 12.1. The Labute approximate surface area is 139 Å². The molecular weight excluding hydrogens is 306 g/mol. The van der Waals surface area contributed by atoms with Crippen molar-refractivity contribution in [2.75, 3.05) is 10.6 Å². The molecule has 7 heteroatoms. The van der Waals surface area contributed by atoms with Gasteiger partial charge in [-0.1, -0.05) is 24.2 Å². The molecule has 0 aliphatic carbocycles. The lowest BCUT2D eigenvalue weighted by Crippen LogP contribution is -2.13. The van der Waals surface area contributed by atoms with Crippen LogP contribution in [0.4, 0.5) is 17.5 Å². The topological polar surface area (TPSA) is 92.9 Å². The van der Waals surface area contributed by atoms with Crippen LogP contribution in [0.3, 0.4) is 0 Å². The minimum atomic E-state index is -0.345. The van der Waals surface area contributed by atoms with Crippen LogP contribution >= 0.6 is 0 Å². The average molecular weight is 323 g/mol. The van der Waals surface area contributed by atoms with Crippen molar-refractivity contribution in [2.24, 2.45) is 0 Å². The summed E-state index contributed by atoms with van der Waals surface area (Å²) in [5.74, 6) is 1.06. The van der Waals surface area contributed by atoms with Crippen molar-refractivity contribution < 1.29 is 9.32 Å². The van der Waals surface area contributed by atoms with Gasteiger partial charge in [0.25, 0.3) is 5.91 Å². The van der Waals surface area contributed by atoms with Crippen molar-refractivity contribution in [2.45, 2.75) is 20.3 Å². The van der Waals surface area contributed by atoms with Gasteiger partial charge in [0.1, 0.15) is 5.76 Å². The van der Waals surface area contributed by atoms with E-state index in [9.17, 15) is 4.79 Å². The number of carbonyl (C=O) groups excluding carboxylic acids is 1. The van der Waals surface area contributed by atoms with Crippen LogP contribution < -0.4 is 10.6 Å². The third-order valence-electron chi connectivity index (χ3n) is 3.40. The van der Waals surface area contributed by atoms with Crippen LogP contribution in [0.1, 0.15) is 28.6 Å². The van der Waals surface area contributed by atoms with Gasteiger partial charge in [0.15, 0.2) is 5.82 Å². The van der Waals surface area contributed by atoms with Crippen LogP contribution in [0, 0.1) is 6.92 Å². The monoisotopic (exact) mass is 323 g/mol. The molecule has 0 saturated carbocycles. The van der Waals surface area contributed by atoms with Gasteiger partial charge in [0, 0.05) is 24.1 Å². The van der Waals surface area contributed by atoms with Crippen LogP contribution in [-0.2, 0) is 6.42 Å². The zero-order chi connectivity index (χ0) is 16.9. The number of amides is 1. The molecule has 1 amide bonds. The molecule has 7 nitrogen and oxygen atoms in total. The molecule has 2 N–H and O–H groups in total. The first-order chi connectivity index (χ1) is 11.6. The molecule has 3 rings (SSSR count). The number of hydrogen-bond acceptors (Lipinski definition) is 6. The lowest BCUT2D eigenvalue weighted by molar-refractivity contribution is 0.102. The van der Waals surface area contributed by atoms with Crippen molar-refractivity contribution in [3.05, 3.63) is 59.6 Å². The van der Waals surface area contributed by atoms with E-state index in [1.54, 1.807) is 13.0 Å². The Bertz CT molecular complexity index is 825. The van der Waals surface area contributed by atoms with Crippen molar-refractivity contribution in [3.63, 3.8) is 0 Å². The first kappa shape index (κ1) is 15.7. The fraction of sp³-hybridized carbons (Fsp3) is 0.176. The number of aromatic nitrogens is 3. The van der Waals surface area contributed by atoms with Crippen LogP contribution in [0.15, 0.2) is 47.2 Å². The third-order valence-corrected chi connectivity index (χ3v) is 3.40. The van der Waals surface area contributed by atoms with Gasteiger partial charge in [-0.05, 0) is 31.0 Å². The summed E-state index contributed by atoms with van der Waals surface area (Å²) in [6, 6.07) is 9.66.